The molecule has 1 N–H and O–H groups in total. The van der Waals surface area contributed by atoms with Gasteiger partial charge in [0, 0.05) is 26.2 Å². The number of carbonyl (C=O) groups excluding carboxylic acids is 1. The highest BCUT2D eigenvalue weighted by molar-refractivity contribution is 5.76. The molecule has 0 aliphatic carbocycles. The fourth-order valence-electron chi connectivity index (χ4n) is 2.79. The van der Waals surface area contributed by atoms with Crippen LogP contribution in [0.3, 0.4) is 0 Å². The highest BCUT2D eigenvalue weighted by atomic mass is 16.5. The van der Waals surface area contributed by atoms with Crippen molar-refractivity contribution >= 4 is 5.97 Å². The molecular weight excluding hydrogens is 232 g/mol. The van der Waals surface area contributed by atoms with Gasteiger partial charge in [0.05, 0.1) is 18.8 Å². The Kier molecular flexibility index (Phi) is 4.97. The van der Waals surface area contributed by atoms with Gasteiger partial charge in [-0.1, -0.05) is 0 Å². The Morgan fingerprint density at radius 1 is 1.44 bits per heavy atom. The van der Waals surface area contributed by atoms with Crippen LogP contribution < -0.4 is 5.32 Å². The molecule has 3 unspecified atom stereocenters. The predicted molar refractivity (Wildman–Crippen MR) is 68.4 cm³/mol. The molecular formula is C13H24N2O3. The minimum Gasteiger partial charge on any atom is -0.465 e. The maximum Gasteiger partial charge on any atom is 0.326 e. The summed E-state index contributed by atoms with van der Waals surface area (Å²) in [5, 5.41) is 3.31. The quantitative estimate of drug-likeness (QED) is 0.738. The maximum absolute atomic E-state index is 12.2. The molecule has 2 saturated heterocycles. The molecule has 2 fully saturated rings. The van der Waals surface area contributed by atoms with Gasteiger partial charge in [-0.3, -0.25) is 9.69 Å². The van der Waals surface area contributed by atoms with Crippen molar-refractivity contribution in [3.63, 3.8) is 0 Å². The van der Waals surface area contributed by atoms with Gasteiger partial charge in [0.25, 0.3) is 0 Å². The number of hydrogen-bond acceptors (Lipinski definition) is 5. The molecule has 0 aromatic heterocycles. The minimum atomic E-state index is -0.225. The second-order valence-corrected chi connectivity index (χ2v) is 5.05. The molecule has 0 aromatic rings. The highest BCUT2D eigenvalue weighted by Crippen LogP contribution is 2.25. The lowest BCUT2D eigenvalue weighted by molar-refractivity contribution is -0.156. The Morgan fingerprint density at radius 2 is 2.17 bits per heavy atom. The molecule has 2 heterocycles. The van der Waals surface area contributed by atoms with Crippen LogP contribution in [0.1, 0.15) is 26.7 Å². The van der Waals surface area contributed by atoms with Gasteiger partial charge in [-0.25, -0.2) is 0 Å². The number of nitrogens with one attached hydrogen (secondary N) is 1. The zero-order valence-corrected chi connectivity index (χ0v) is 11.4. The summed E-state index contributed by atoms with van der Waals surface area (Å²) in [6.45, 7) is 7.99. The summed E-state index contributed by atoms with van der Waals surface area (Å²) in [5.41, 5.74) is 0. The molecule has 0 aromatic carbocycles. The van der Waals surface area contributed by atoms with E-state index in [0.717, 1.165) is 39.0 Å². The lowest BCUT2D eigenvalue weighted by atomic mass is 10.0. The smallest absolute Gasteiger partial charge is 0.326 e. The van der Waals surface area contributed by atoms with Crippen molar-refractivity contribution in [2.75, 3.05) is 32.8 Å². The average Bonchev–Trinajstić information content (AvgIpc) is 2.78. The van der Waals surface area contributed by atoms with E-state index in [-0.39, 0.29) is 24.2 Å². The van der Waals surface area contributed by atoms with E-state index in [2.05, 4.69) is 17.1 Å². The van der Waals surface area contributed by atoms with Crippen molar-refractivity contribution in [1.82, 2.24) is 10.2 Å². The Bertz CT molecular complexity index is 275. The molecule has 0 saturated carbocycles. The van der Waals surface area contributed by atoms with Crippen LogP contribution in [0.2, 0.25) is 0 Å². The van der Waals surface area contributed by atoms with Gasteiger partial charge in [-0.2, -0.15) is 0 Å². The number of carbonyl (C=O) groups is 1. The molecule has 2 rings (SSSR count). The normalized spacial score (nSPS) is 31.2. The monoisotopic (exact) mass is 256 g/mol. The SMILES string of the molecule is CCOC(=O)C(C1CCC(C)O1)N1CCNCC1. The zero-order chi connectivity index (χ0) is 13.0. The number of piperazine rings is 1. The third-order valence-corrected chi connectivity index (χ3v) is 3.69. The van der Waals surface area contributed by atoms with Gasteiger partial charge in [0.2, 0.25) is 0 Å². The van der Waals surface area contributed by atoms with Gasteiger partial charge in [0.15, 0.2) is 0 Å². The lowest BCUT2D eigenvalue weighted by Gasteiger charge is -2.36. The van der Waals surface area contributed by atoms with E-state index >= 15 is 0 Å². The van der Waals surface area contributed by atoms with Crippen molar-refractivity contribution in [3.8, 4) is 0 Å². The van der Waals surface area contributed by atoms with Crippen LogP contribution in [-0.4, -0.2) is 61.9 Å². The number of nitrogens with zero attached hydrogens (tertiary/aromatic N) is 1. The van der Waals surface area contributed by atoms with Gasteiger partial charge in [0.1, 0.15) is 6.04 Å². The van der Waals surface area contributed by atoms with Crippen molar-refractivity contribution in [3.05, 3.63) is 0 Å². The van der Waals surface area contributed by atoms with Crippen LogP contribution in [0.5, 0.6) is 0 Å². The number of rotatable bonds is 4. The summed E-state index contributed by atoms with van der Waals surface area (Å²) in [6, 6.07) is -0.225. The van der Waals surface area contributed by atoms with E-state index in [9.17, 15) is 4.79 Å². The first-order valence-corrected chi connectivity index (χ1v) is 6.99. The Labute approximate surface area is 109 Å². The molecule has 0 spiro atoms. The molecule has 104 valence electrons. The summed E-state index contributed by atoms with van der Waals surface area (Å²) < 4.78 is 11.1. The largest absolute Gasteiger partial charge is 0.465 e. The molecule has 0 bridgehead atoms. The fraction of sp³-hybridized carbons (Fsp3) is 0.923. The van der Waals surface area contributed by atoms with Gasteiger partial charge >= 0.3 is 5.97 Å². The molecule has 5 nitrogen and oxygen atoms in total. The van der Waals surface area contributed by atoms with Gasteiger partial charge in [-0.15, -0.1) is 0 Å². The van der Waals surface area contributed by atoms with Gasteiger partial charge in [-0.05, 0) is 26.7 Å². The zero-order valence-electron chi connectivity index (χ0n) is 11.4. The van der Waals surface area contributed by atoms with Crippen LogP contribution in [-0.2, 0) is 14.3 Å². The topological polar surface area (TPSA) is 50.8 Å². The summed E-state index contributed by atoms with van der Waals surface area (Å²) in [4.78, 5) is 14.4. The highest BCUT2D eigenvalue weighted by Gasteiger charge is 2.39. The fourth-order valence-corrected chi connectivity index (χ4v) is 2.79. The van der Waals surface area contributed by atoms with E-state index in [1.165, 1.54) is 0 Å². The second-order valence-electron chi connectivity index (χ2n) is 5.05. The van der Waals surface area contributed by atoms with Crippen molar-refractivity contribution in [1.29, 1.82) is 0 Å². The molecule has 0 radical (unpaired) electrons. The third kappa shape index (κ3) is 3.22. The first kappa shape index (κ1) is 13.8. The summed E-state index contributed by atoms with van der Waals surface area (Å²) in [6.07, 6.45) is 2.24. The number of ether oxygens (including phenoxy) is 2. The van der Waals surface area contributed by atoms with Crippen LogP contribution in [0.15, 0.2) is 0 Å². The van der Waals surface area contributed by atoms with Crippen LogP contribution >= 0.6 is 0 Å². The standard InChI is InChI=1S/C13H24N2O3/c1-3-17-13(16)12(11-5-4-10(2)18-11)15-8-6-14-7-9-15/h10-12,14H,3-9H2,1-2H3. The van der Waals surface area contributed by atoms with Gasteiger partial charge < -0.3 is 14.8 Å². The first-order chi connectivity index (χ1) is 8.72. The van der Waals surface area contributed by atoms with E-state index in [1.807, 2.05) is 6.92 Å². The van der Waals surface area contributed by atoms with E-state index in [1.54, 1.807) is 0 Å². The van der Waals surface area contributed by atoms with E-state index < -0.39 is 0 Å². The van der Waals surface area contributed by atoms with E-state index in [4.69, 9.17) is 9.47 Å². The van der Waals surface area contributed by atoms with Crippen molar-refractivity contribution in [2.45, 2.75) is 44.9 Å². The molecule has 3 atom stereocenters. The van der Waals surface area contributed by atoms with Crippen molar-refractivity contribution in [2.24, 2.45) is 0 Å². The second kappa shape index (κ2) is 6.50. The average molecular weight is 256 g/mol. The molecule has 18 heavy (non-hydrogen) atoms. The molecule has 5 heteroatoms. The molecule has 0 amide bonds. The Hall–Kier alpha value is -0.650. The summed E-state index contributed by atoms with van der Waals surface area (Å²) >= 11 is 0. The number of hydrogen-bond donors (Lipinski definition) is 1. The Balaban J connectivity index is 2.03. The van der Waals surface area contributed by atoms with Crippen molar-refractivity contribution < 1.29 is 14.3 Å². The minimum absolute atomic E-state index is 0.00264. The predicted octanol–water partition coefficient (Wildman–Crippen LogP) is 0.391. The first-order valence-electron chi connectivity index (χ1n) is 6.99. The summed E-state index contributed by atoms with van der Waals surface area (Å²) in [5.74, 6) is -0.126. The molecule has 2 aliphatic heterocycles. The van der Waals surface area contributed by atoms with Crippen LogP contribution in [0.25, 0.3) is 0 Å². The molecule has 2 aliphatic rings. The maximum atomic E-state index is 12.2. The lowest BCUT2D eigenvalue weighted by Crippen LogP contribution is -2.56. The third-order valence-electron chi connectivity index (χ3n) is 3.69. The van der Waals surface area contributed by atoms with Crippen LogP contribution in [0, 0.1) is 0 Å². The Morgan fingerprint density at radius 3 is 2.72 bits per heavy atom. The van der Waals surface area contributed by atoms with E-state index in [0.29, 0.717) is 6.61 Å². The van der Waals surface area contributed by atoms with Crippen LogP contribution in [0.4, 0.5) is 0 Å². The number of esters is 1. The summed E-state index contributed by atoms with van der Waals surface area (Å²) in [7, 11) is 0.